The van der Waals surface area contributed by atoms with Gasteiger partial charge >= 0.3 is 0 Å². The Morgan fingerprint density at radius 3 is 2.40 bits per heavy atom. The SMILES string of the molecule is CCCCCOc1ccc(/C(O)=C2\C(=O)C(=O)N(c3ccc4c(c3)OCO4)C2c2ccc(OC)c(OC)c2)cc1. The van der Waals surface area contributed by atoms with Gasteiger partial charge in [0.2, 0.25) is 6.79 Å². The topological polar surface area (TPSA) is 104 Å². The van der Waals surface area contributed by atoms with Crippen LogP contribution in [-0.4, -0.2) is 44.4 Å². The first-order valence-electron chi connectivity index (χ1n) is 13.1. The van der Waals surface area contributed by atoms with Crippen LogP contribution in [0.15, 0.2) is 66.2 Å². The third-order valence-electron chi connectivity index (χ3n) is 6.95. The van der Waals surface area contributed by atoms with Crippen molar-refractivity contribution in [1.29, 1.82) is 0 Å². The van der Waals surface area contributed by atoms with Crippen LogP contribution in [0.2, 0.25) is 0 Å². The van der Waals surface area contributed by atoms with Crippen molar-refractivity contribution in [2.75, 3.05) is 32.5 Å². The number of carbonyl (C=O) groups excluding carboxylic acids is 2. The van der Waals surface area contributed by atoms with Crippen LogP contribution < -0.4 is 28.6 Å². The molecule has 5 rings (SSSR count). The summed E-state index contributed by atoms with van der Waals surface area (Å²) in [5, 5.41) is 11.5. The molecule has 3 aromatic carbocycles. The van der Waals surface area contributed by atoms with Crippen molar-refractivity contribution < 1.29 is 38.4 Å². The summed E-state index contributed by atoms with van der Waals surface area (Å²) in [6, 6.07) is 16.0. The minimum atomic E-state index is -0.954. The van der Waals surface area contributed by atoms with Crippen molar-refractivity contribution in [3.05, 3.63) is 77.4 Å². The molecule has 9 heteroatoms. The highest BCUT2D eigenvalue weighted by Gasteiger charge is 2.47. The minimum Gasteiger partial charge on any atom is -0.507 e. The number of ketones is 1. The number of anilines is 1. The number of hydrogen-bond acceptors (Lipinski definition) is 8. The highest BCUT2D eigenvalue weighted by atomic mass is 16.7. The average Bonchev–Trinajstić information content (AvgIpc) is 3.56. The molecule has 1 atom stereocenters. The van der Waals surface area contributed by atoms with E-state index in [1.165, 1.54) is 19.1 Å². The summed E-state index contributed by atoms with van der Waals surface area (Å²) >= 11 is 0. The highest BCUT2D eigenvalue weighted by molar-refractivity contribution is 6.51. The number of aliphatic hydroxyl groups excluding tert-OH is 1. The second kappa shape index (κ2) is 11.6. The fourth-order valence-corrected chi connectivity index (χ4v) is 4.88. The molecule has 0 aliphatic carbocycles. The number of rotatable bonds is 10. The van der Waals surface area contributed by atoms with E-state index < -0.39 is 17.7 Å². The van der Waals surface area contributed by atoms with Gasteiger partial charge in [-0.15, -0.1) is 0 Å². The van der Waals surface area contributed by atoms with Crippen LogP contribution in [0, 0.1) is 0 Å². The second-order valence-electron chi connectivity index (χ2n) is 9.40. The molecule has 0 aromatic heterocycles. The summed E-state index contributed by atoms with van der Waals surface area (Å²) in [6.45, 7) is 2.79. The third kappa shape index (κ3) is 5.02. The Morgan fingerprint density at radius 1 is 0.925 bits per heavy atom. The lowest BCUT2D eigenvalue weighted by Gasteiger charge is -2.26. The van der Waals surface area contributed by atoms with E-state index in [1.54, 1.807) is 60.7 Å². The molecule has 0 radical (unpaired) electrons. The van der Waals surface area contributed by atoms with Gasteiger partial charge in [-0.05, 0) is 60.5 Å². The molecule has 2 aliphatic heterocycles. The average molecular weight is 546 g/mol. The number of Topliss-reactive ketones (excluding diaryl/α,β-unsaturated/α-hetero) is 1. The van der Waals surface area contributed by atoms with Crippen LogP contribution >= 0.6 is 0 Å². The summed E-state index contributed by atoms with van der Waals surface area (Å²) in [5.74, 6) is 0.677. The first kappa shape index (κ1) is 26.9. The van der Waals surface area contributed by atoms with Gasteiger partial charge in [-0.25, -0.2) is 0 Å². The molecule has 0 saturated carbocycles. The van der Waals surface area contributed by atoms with Crippen LogP contribution in [0.4, 0.5) is 5.69 Å². The predicted molar refractivity (Wildman–Crippen MR) is 148 cm³/mol. The van der Waals surface area contributed by atoms with Gasteiger partial charge in [0.1, 0.15) is 11.5 Å². The van der Waals surface area contributed by atoms with E-state index in [0.29, 0.717) is 52.2 Å². The normalized spacial score (nSPS) is 17.3. The molecule has 2 aliphatic rings. The molecule has 40 heavy (non-hydrogen) atoms. The number of hydrogen-bond donors (Lipinski definition) is 1. The third-order valence-corrected chi connectivity index (χ3v) is 6.95. The van der Waals surface area contributed by atoms with Crippen molar-refractivity contribution in [2.45, 2.75) is 32.2 Å². The number of amides is 1. The van der Waals surface area contributed by atoms with Crippen molar-refractivity contribution >= 4 is 23.1 Å². The molecule has 1 N–H and O–H groups in total. The molecule has 1 saturated heterocycles. The molecule has 1 fully saturated rings. The quantitative estimate of drug-likeness (QED) is 0.151. The zero-order chi connectivity index (χ0) is 28.2. The molecule has 208 valence electrons. The monoisotopic (exact) mass is 545 g/mol. The van der Waals surface area contributed by atoms with Crippen LogP contribution in [0.1, 0.15) is 43.4 Å². The molecular weight excluding hydrogens is 514 g/mol. The Bertz CT molecular complexity index is 1450. The summed E-state index contributed by atoms with van der Waals surface area (Å²) in [7, 11) is 3.02. The van der Waals surface area contributed by atoms with Crippen LogP contribution in [0.5, 0.6) is 28.7 Å². The van der Waals surface area contributed by atoms with Gasteiger partial charge in [-0.2, -0.15) is 0 Å². The number of fused-ring (bicyclic) bond motifs is 1. The molecule has 2 heterocycles. The Hall–Kier alpha value is -4.66. The Morgan fingerprint density at radius 2 is 1.68 bits per heavy atom. The van der Waals surface area contributed by atoms with Gasteiger partial charge in [0.25, 0.3) is 11.7 Å². The molecule has 0 spiro atoms. The Kier molecular flexibility index (Phi) is 7.82. The molecule has 3 aromatic rings. The van der Waals surface area contributed by atoms with E-state index in [9.17, 15) is 14.7 Å². The van der Waals surface area contributed by atoms with Crippen molar-refractivity contribution in [1.82, 2.24) is 0 Å². The first-order chi connectivity index (χ1) is 19.5. The van der Waals surface area contributed by atoms with E-state index in [2.05, 4.69) is 6.92 Å². The lowest BCUT2D eigenvalue weighted by Crippen LogP contribution is -2.29. The fourth-order valence-electron chi connectivity index (χ4n) is 4.88. The number of nitrogens with zero attached hydrogens (tertiary/aromatic N) is 1. The van der Waals surface area contributed by atoms with Gasteiger partial charge in [0, 0.05) is 17.3 Å². The Balaban J connectivity index is 1.59. The number of benzene rings is 3. The van der Waals surface area contributed by atoms with Crippen molar-refractivity contribution in [2.24, 2.45) is 0 Å². The number of ether oxygens (including phenoxy) is 5. The largest absolute Gasteiger partial charge is 0.507 e. The van der Waals surface area contributed by atoms with Gasteiger partial charge in [-0.3, -0.25) is 14.5 Å². The second-order valence-corrected chi connectivity index (χ2v) is 9.40. The maximum Gasteiger partial charge on any atom is 0.300 e. The van der Waals surface area contributed by atoms with E-state index in [0.717, 1.165) is 19.3 Å². The van der Waals surface area contributed by atoms with E-state index in [-0.39, 0.29) is 18.1 Å². The summed E-state index contributed by atoms with van der Waals surface area (Å²) in [6.07, 6.45) is 3.13. The lowest BCUT2D eigenvalue weighted by molar-refractivity contribution is -0.132. The Labute approximate surface area is 232 Å². The minimum absolute atomic E-state index is 0.0495. The van der Waals surface area contributed by atoms with Crippen LogP contribution in [-0.2, 0) is 9.59 Å². The van der Waals surface area contributed by atoms with Gasteiger partial charge in [0.05, 0.1) is 32.4 Å². The zero-order valence-corrected chi connectivity index (χ0v) is 22.6. The molecular formula is C31H31NO8. The van der Waals surface area contributed by atoms with Crippen molar-refractivity contribution in [3.63, 3.8) is 0 Å². The molecule has 1 unspecified atom stereocenters. The maximum atomic E-state index is 13.5. The van der Waals surface area contributed by atoms with Crippen LogP contribution in [0.25, 0.3) is 5.76 Å². The smallest absolute Gasteiger partial charge is 0.300 e. The standard InChI is InChI=1S/C31H31NO8/c1-4-5-6-15-38-22-11-7-19(8-12-22)29(33)27-28(20-9-13-23(36-2)25(16-20)37-3)32(31(35)30(27)34)21-10-14-24-26(17-21)40-18-39-24/h7-14,16-17,28,33H,4-6,15,18H2,1-3H3/b29-27+. The number of aliphatic hydroxyl groups is 1. The maximum absolute atomic E-state index is 13.5. The van der Waals surface area contributed by atoms with Gasteiger partial charge in [-0.1, -0.05) is 25.8 Å². The molecule has 9 nitrogen and oxygen atoms in total. The van der Waals surface area contributed by atoms with E-state index in [4.69, 9.17) is 23.7 Å². The van der Waals surface area contributed by atoms with Gasteiger partial charge in [0.15, 0.2) is 23.0 Å². The zero-order valence-electron chi connectivity index (χ0n) is 22.6. The predicted octanol–water partition coefficient (Wildman–Crippen LogP) is 5.63. The molecule has 0 bridgehead atoms. The lowest BCUT2D eigenvalue weighted by atomic mass is 9.94. The summed E-state index contributed by atoms with van der Waals surface area (Å²) in [5.41, 5.74) is 1.30. The van der Waals surface area contributed by atoms with Gasteiger partial charge < -0.3 is 28.8 Å². The summed E-state index contributed by atoms with van der Waals surface area (Å²) < 4.78 is 27.6. The fraction of sp³-hybridized carbons (Fsp3) is 0.290. The summed E-state index contributed by atoms with van der Waals surface area (Å²) in [4.78, 5) is 28.4. The number of methoxy groups -OCH3 is 2. The molecule has 1 amide bonds. The van der Waals surface area contributed by atoms with E-state index in [1.807, 2.05) is 0 Å². The van der Waals surface area contributed by atoms with E-state index >= 15 is 0 Å². The first-order valence-corrected chi connectivity index (χ1v) is 13.1. The van der Waals surface area contributed by atoms with Crippen LogP contribution in [0.3, 0.4) is 0 Å². The van der Waals surface area contributed by atoms with Crippen molar-refractivity contribution in [3.8, 4) is 28.7 Å². The number of carbonyl (C=O) groups is 2. The highest BCUT2D eigenvalue weighted by Crippen LogP contribution is 2.46. The number of unbranched alkanes of at least 4 members (excludes halogenated alkanes) is 2.